The Hall–Kier alpha value is -0.303. The monoisotopic (exact) mass is 88.1 g/mol. The standard InChI is InChI=1S/C5H5O.Li/c1-3-4-5-6-2;/h4-5H,2H3;/q-1;+1/b5-4-;. The molecule has 0 atom stereocenters. The summed E-state index contributed by atoms with van der Waals surface area (Å²) in [6.45, 7) is 0. The van der Waals surface area contributed by atoms with E-state index in [0.717, 1.165) is 0 Å². The zero-order valence-corrected chi connectivity index (χ0v) is 4.56. The zero-order valence-electron chi connectivity index (χ0n) is 4.56. The van der Waals surface area contributed by atoms with Crippen molar-refractivity contribution in [1.82, 2.24) is 0 Å². The van der Waals surface area contributed by atoms with Crippen molar-refractivity contribution >= 4 is 0 Å². The van der Waals surface area contributed by atoms with E-state index >= 15 is 0 Å². The average Bonchev–Trinajstić information content (AvgIpc) is 1.61. The number of methoxy groups -OCH3 is 1. The third-order valence-electron chi connectivity index (χ3n) is 0.287. The maximum absolute atomic E-state index is 6.29. The minimum absolute atomic E-state index is 0. The molecule has 0 amide bonds. The van der Waals surface area contributed by atoms with Gasteiger partial charge in [-0.15, -0.1) is 6.08 Å². The van der Waals surface area contributed by atoms with Crippen molar-refractivity contribution < 1.29 is 23.6 Å². The summed E-state index contributed by atoms with van der Waals surface area (Å²) < 4.78 is 4.42. The molecule has 0 fully saturated rings. The van der Waals surface area contributed by atoms with Crippen LogP contribution in [0.25, 0.3) is 0 Å². The Bertz CT molecular complexity index is 80.6. The van der Waals surface area contributed by atoms with Crippen LogP contribution in [0.5, 0.6) is 0 Å². The predicted molar refractivity (Wildman–Crippen MR) is 23.3 cm³/mol. The van der Waals surface area contributed by atoms with Crippen LogP contribution in [0.4, 0.5) is 0 Å². The first-order valence-corrected chi connectivity index (χ1v) is 1.52. The first-order chi connectivity index (χ1) is 2.91. The molecule has 0 saturated carbocycles. The fraction of sp³-hybridized carbons (Fsp3) is 0.200. The SMILES string of the molecule is [C-]#C/C=C\OC.[Li+]. The summed E-state index contributed by atoms with van der Waals surface area (Å²) >= 11 is 0. The second kappa shape index (κ2) is 9.20. The van der Waals surface area contributed by atoms with E-state index in [-0.39, 0.29) is 18.9 Å². The van der Waals surface area contributed by atoms with Gasteiger partial charge in [-0.05, 0) is 0 Å². The molecule has 0 N–H and O–H groups in total. The van der Waals surface area contributed by atoms with Crippen molar-refractivity contribution in [3.63, 3.8) is 0 Å². The van der Waals surface area contributed by atoms with Crippen LogP contribution in [0.15, 0.2) is 12.3 Å². The van der Waals surface area contributed by atoms with Gasteiger partial charge < -0.3 is 11.2 Å². The van der Waals surface area contributed by atoms with E-state index in [1.165, 1.54) is 19.4 Å². The molecule has 0 aromatic heterocycles. The summed E-state index contributed by atoms with van der Waals surface area (Å²) in [4.78, 5) is 0. The van der Waals surface area contributed by atoms with E-state index in [9.17, 15) is 0 Å². The fourth-order valence-electron chi connectivity index (χ4n) is 0.102. The van der Waals surface area contributed by atoms with Crippen molar-refractivity contribution in [2.75, 3.05) is 7.11 Å². The van der Waals surface area contributed by atoms with Gasteiger partial charge in [0.1, 0.15) is 0 Å². The molecule has 32 valence electrons. The van der Waals surface area contributed by atoms with Gasteiger partial charge >= 0.3 is 18.9 Å². The number of ether oxygens (including phenoxy) is 1. The molecule has 0 unspecified atom stereocenters. The quantitative estimate of drug-likeness (QED) is 0.152. The first-order valence-electron chi connectivity index (χ1n) is 1.52. The summed E-state index contributed by atoms with van der Waals surface area (Å²) in [7, 11) is 1.52. The Morgan fingerprint density at radius 1 is 1.71 bits per heavy atom. The van der Waals surface area contributed by atoms with E-state index < -0.39 is 0 Å². The largest absolute Gasteiger partial charge is 1.00 e. The van der Waals surface area contributed by atoms with Crippen molar-refractivity contribution in [3.05, 3.63) is 18.8 Å². The molecule has 0 heterocycles. The van der Waals surface area contributed by atoms with Gasteiger partial charge in [0.05, 0.1) is 7.11 Å². The molecule has 0 bridgehead atoms. The van der Waals surface area contributed by atoms with E-state index in [0.29, 0.717) is 0 Å². The van der Waals surface area contributed by atoms with Gasteiger partial charge in [0.15, 0.2) is 0 Å². The molecule has 7 heavy (non-hydrogen) atoms. The Balaban J connectivity index is 0. The molecule has 1 nitrogen and oxygen atoms in total. The molecule has 0 spiro atoms. The maximum atomic E-state index is 6.29. The predicted octanol–water partition coefficient (Wildman–Crippen LogP) is -2.26. The molecule has 0 aliphatic carbocycles. The van der Waals surface area contributed by atoms with E-state index in [4.69, 9.17) is 6.42 Å². The van der Waals surface area contributed by atoms with Crippen LogP contribution < -0.4 is 18.9 Å². The van der Waals surface area contributed by atoms with Crippen molar-refractivity contribution in [2.24, 2.45) is 0 Å². The summed E-state index contributed by atoms with van der Waals surface area (Å²) in [6.07, 6.45) is 9.05. The Morgan fingerprint density at radius 3 is 2.43 bits per heavy atom. The van der Waals surface area contributed by atoms with Crippen LogP contribution in [-0.4, -0.2) is 7.11 Å². The van der Waals surface area contributed by atoms with Crippen molar-refractivity contribution in [3.8, 4) is 5.92 Å². The van der Waals surface area contributed by atoms with Crippen LogP contribution in [0.3, 0.4) is 0 Å². The molecule has 0 aromatic carbocycles. The molecule has 0 aliphatic rings. The number of hydrogen-bond acceptors (Lipinski definition) is 1. The second-order valence-electron chi connectivity index (χ2n) is 0.683. The zero-order chi connectivity index (χ0) is 4.83. The summed E-state index contributed by atoms with van der Waals surface area (Å²) in [6, 6.07) is 0. The molecule has 0 aromatic rings. The summed E-state index contributed by atoms with van der Waals surface area (Å²) in [5.41, 5.74) is 0. The van der Waals surface area contributed by atoms with Gasteiger partial charge in [0, 0.05) is 6.26 Å². The number of rotatable bonds is 1. The molecular weight excluding hydrogens is 83.0 g/mol. The smallest absolute Gasteiger partial charge is 0.522 e. The maximum Gasteiger partial charge on any atom is 1.00 e. The normalized spacial score (nSPS) is 6.86. The topological polar surface area (TPSA) is 9.23 Å². The summed E-state index contributed by atoms with van der Waals surface area (Å²) in [5, 5.41) is 0. The minimum atomic E-state index is 0. The molecule has 0 radical (unpaired) electrons. The molecule has 2 heteroatoms. The van der Waals surface area contributed by atoms with Gasteiger partial charge in [-0.2, -0.15) is 0 Å². The van der Waals surface area contributed by atoms with Gasteiger partial charge in [0.25, 0.3) is 0 Å². The van der Waals surface area contributed by atoms with Crippen LogP contribution in [0, 0.1) is 12.3 Å². The van der Waals surface area contributed by atoms with Crippen LogP contribution in [0.2, 0.25) is 0 Å². The number of allylic oxidation sites excluding steroid dienone is 1. The molecule has 0 saturated heterocycles. The third-order valence-corrected chi connectivity index (χ3v) is 0.287. The Kier molecular flexibility index (Phi) is 12.9. The van der Waals surface area contributed by atoms with E-state index in [1.54, 1.807) is 0 Å². The third kappa shape index (κ3) is 10.7. The van der Waals surface area contributed by atoms with Gasteiger partial charge in [-0.3, -0.25) is 5.92 Å². The Morgan fingerprint density at radius 2 is 2.29 bits per heavy atom. The van der Waals surface area contributed by atoms with Crippen molar-refractivity contribution in [2.45, 2.75) is 0 Å². The Labute approximate surface area is 55.9 Å². The van der Waals surface area contributed by atoms with Gasteiger partial charge in [-0.1, -0.05) is 0 Å². The minimum Gasteiger partial charge on any atom is -0.522 e. The first kappa shape index (κ1) is 9.85. The molecule has 0 rings (SSSR count). The van der Waals surface area contributed by atoms with Crippen LogP contribution in [-0.2, 0) is 4.74 Å². The van der Waals surface area contributed by atoms with E-state index in [2.05, 4.69) is 4.74 Å². The second-order valence-corrected chi connectivity index (χ2v) is 0.683. The molecular formula is C5H5LiO. The summed E-state index contributed by atoms with van der Waals surface area (Å²) in [5.74, 6) is 2.01. The van der Waals surface area contributed by atoms with Crippen LogP contribution >= 0.6 is 0 Å². The average molecular weight is 88.0 g/mol. The fourth-order valence-corrected chi connectivity index (χ4v) is 0.102. The molecule has 0 aliphatic heterocycles. The van der Waals surface area contributed by atoms with Gasteiger partial charge in [-0.25, -0.2) is 0 Å². The van der Waals surface area contributed by atoms with E-state index in [1.807, 2.05) is 5.92 Å². The van der Waals surface area contributed by atoms with Gasteiger partial charge in [0.2, 0.25) is 0 Å². The number of hydrogen-bond donors (Lipinski definition) is 0. The van der Waals surface area contributed by atoms with Crippen LogP contribution in [0.1, 0.15) is 0 Å². The van der Waals surface area contributed by atoms with Crippen molar-refractivity contribution in [1.29, 1.82) is 0 Å².